The van der Waals surface area contributed by atoms with Crippen LogP contribution in [0, 0.1) is 22.3 Å². The Hall–Kier alpha value is 1.01. The zero-order valence-corrected chi connectivity index (χ0v) is 17.0. The zero-order chi connectivity index (χ0) is 10.9. The molecule has 1 saturated carbocycles. The van der Waals surface area contributed by atoms with Crippen molar-refractivity contribution in [3.63, 3.8) is 0 Å². The standard InChI is InChI=1S/C12H26N2Si.3CH3.Sc/c1-13-8-10-14(11-9-13)15(2,3)12-6-4-5-7-12;;;;/h12H,4-11H2,1-3H3;3*1H3;/q;3*-1;. The molecule has 0 aromatic carbocycles. The third-order valence-electron chi connectivity index (χ3n) is 4.67. The van der Waals surface area contributed by atoms with Crippen LogP contribution in [0.1, 0.15) is 25.7 Å². The van der Waals surface area contributed by atoms with Crippen molar-refractivity contribution in [2.24, 2.45) is 0 Å². The van der Waals surface area contributed by atoms with Gasteiger partial charge in [-0.2, -0.15) is 0 Å². The van der Waals surface area contributed by atoms with Crippen LogP contribution in [0.15, 0.2) is 0 Å². The summed E-state index contributed by atoms with van der Waals surface area (Å²) >= 11 is 0. The van der Waals surface area contributed by atoms with Crippen LogP contribution in [0.5, 0.6) is 0 Å². The molecule has 0 atom stereocenters. The molecule has 1 saturated heterocycles. The van der Waals surface area contributed by atoms with E-state index in [4.69, 9.17) is 0 Å². The first-order chi connectivity index (χ1) is 7.10. The summed E-state index contributed by atoms with van der Waals surface area (Å²) in [5.74, 6) is 0. The first-order valence-corrected chi connectivity index (χ1v) is 9.57. The minimum atomic E-state index is -1.09. The fourth-order valence-corrected chi connectivity index (χ4v) is 6.96. The van der Waals surface area contributed by atoms with Gasteiger partial charge in [-0.3, -0.25) is 0 Å². The molecule has 2 aliphatic rings. The molecule has 0 unspecified atom stereocenters. The number of nitrogens with zero attached hydrogens (tertiary/aromatic N) is 2. The average molecular weight is 317 g/mol. The summed E-state index contributed by atoms with van der Waals surface area (Å²) in [5.41, 5.74) is 1.08. The molecule has 2 nitrogen and oxygen atoms in total. The van der Waals surface area contributed by atoms with E-state index in [1.807, 2.05) is 0 Å². The molecular weight excluding hydrogens is 281 g/mol. The summed E-state index contributed by atoms with van der Waals surface area (Å²) < 4.78 is 2.86. The van der Waals surface area contributed by atoms with Crippen LogP contribution in [0.3, 0.4) is 0 Å². The Bertz CT molecular complexity index is 210. The second kappa shape index (κ2) is 10.7. The predicted octanol–water partition coefficient (Wildman–Crippen LogP) is 3.73. The van der Waals surface area contributed by atoms with Crippen molar-refractivity contribution in [2.75, 3.05) is 33.2 Å². The van der Waals surface area contributed by atoms with Gasteiger partial charge in [0.1, 0.15) is 8.24 Å². The monoisotopic (exact) mass is 316 g/mol. The summed E-state index contributed by atoms with van der Waals surface area (Å²) in [6.07, 6.45) is 6.03. The molecule has 1 heterocycles. The first-order valence-electron chi connectivity index (χ1n) is 6.54. The maximum atomic E-state index is 2.86. The molecule has 115 valence electrons. The Kier molecular flexibility index (Phi) is 14.1. The molecule has 0 aromatic heterocycles. The van der Waals surface area contributed by atoms with Crippen LogP contribution in [0.2, 0.25) is 18.6 Å². The van der Waals surface area contributed by atoms with Gasteiger partial charge in [-0.1, -0.05) is 38.8 Å². The van der Waals surface area contributed by atoms with E-state index in [-0.39, 0.29) is 48.1 Å². The molecule has 1 radical (unpaired) electrons. The van der Waals surface area contributed by atoms with Crippen LogP contribution >= 0.6 is 0 Å². The maximum absolute atomic E-state index is 2.86. The smallest absolute Gasteiger partial charge is 0.125 e. The van der Waals surface area contributed by atoms with Crippen molar-refractivity contribution in [3.8, 4) is 0 Å². The Labute approximate surface area is 143 Å². The van der Waals surface area contributed by atoms with E-state index in [1.165, 1.54) is 51.9 Å². The zero-order valence-electron chi connectivity index (χ0n) is 14.2. The van der Waals surface area contributed by atoms with Crippen LogP contribution in [-0.2, 0) is 25.8 Å². The SMILES string of the molecule is CN1CCN([Si](C)(C)C2CCCC2)CC1.[CH3-].[CH3-].[CH3-].[Sc]. The second-order valence-corrected chi connectivity index (χ2v) is 10.7. The van der Waals surface area contributed by atoms with E-state index < -0.39 is 8.24 Å². The van der Waals surface area contributed by atoms with Gasteiger partial charge in [-0.05, 0) is 12.6 Å². The maximum Gasteiger partial charge on any atom is 0.125 e. The largest absolute Gasteiger partial charge is 0.358 e. The summed E-state index contributed by atoms with van der Waals surface area (Å²) in [6.45, 7) is 10.4. The van der Waals surface area contributed by atoms with Gasteiger partial charge in [0.05, 0.1) is 0 Å². The molecule has 0 N–H and O–H groups in total. The van der Waals surface area contributed by atoms with Crippen LogP contribution in [0.4, 0.5) is 0 Å². The fourth-order valence-electron chi connectivity index (χ4n) is 3.27. The molecule has 1 aliphatic carbocycles. The van der Waals surface area contributed by atoms with Crippen molar-refractivity contribution in [1.82, 2.24) is 9.47 Å². The summed E-state index contributed by atoms with van der Waals surface area (Å²) in [6, 6.07) is 0. The van der Waals surface area contributed by atoms with Crippen molar-refractivity contribution < 1.29 is 25.8 Å². The van der Waals surface area contributed by atoms with Gasteiger partial charge in [0, 0.05) is 52.0 Å². The Morgan fingerprint density at radius 1 is 0.842 bits per heavy atom. The van der Waals surface area contributed by atoms with Crippen LogP contribution in [-0.4, -0.2) is 50.9 Å². The molecule has 0 amide bonds. The Morgan fingerprint density at radius 2 is 1.26 bits per heavy atom. The molecule has 1 aliphatic heterocycles. The van der Waals surface area contributed by atoms with Gasteiger partial charge >= 0.3 is 0 Å². The fraction of sp³-hybridized carbons (Fsp3) is 0.800. The number of piperazine rings is 1. The van der Waals surface area contributed by atoms with E-state index in [0.29, 0.717) is 0 Å². The van der Waals surface area contributed by atoms with Crippen molar-refractivity contribution in [3.05, 3.63) is 22.3 Å². The molecule has 0 bridgehead atoms. The van der Waals surface area contributed by atoms with E-state index in [9.17, 15) is 0 Å². The van der Waals surface area contributed by atoms with E-state index in [0.717, 1.165) is 5.54 Å². The van der Waals surface area contributed by atoms with Gasteiger partial charge in [0.25, 0.3) is 0 Å². The number of hydrogen-bond acceptors (Lipinski definition) is 2. The molecule has 4 heteroatoms. The minimum Gasteiger partial charge on any atom is -0.358 e. The molecule has 2 rings (SSSR count). The molecule has 0 aromatic rings. The normalized spacial score (nSPS) is 21.6. The predicted molar refractivity (Wildman–Crippen MR) is 88.0 cm³/mol. The van der Waals surface area contributed by atoms with Crippen molar-refractivity contribution >= 4 is 8.24 Å². The molecule has 0 spiro atoms. The number of rotatable bonds is 2. The van der Waals surface area contributed by atoms with Gasteiger partial charge < -0.3 is 31.7 Å². The third-order valence-corrected chi connectivity index (χ3v) is 9.33. The van der Waals surface area contributed by atoms with Gasteiger partial charge in [0.15, 0.2) is 0 Å². The van der Waals surface area contributed by atoms with Gasteiger partial charge in [-0.25, -0.2) is 0 Å². The summed E-state index contributed by atoms with van der Waals surface area (Å²) in [7, 11) is 1.16. The summed E-state index contributed by atoms with van der Waals surface area (Å²) in [5, 5.41) is 0. The van der Waals surface area contributed by atoms with Gasteiger partial charge in [-0.15, -0.1) is 0 Å². The average Bonchev–Trinajstić information content (AvgIpc) is 2.71. The summed E-state index contributed by atoms with van der Waals surface area (Å²) in [4.78, 5) is 2.47. The number of likely N-dealkylation sites (N-methyl/N-ethyl adjacent to an activating group) is 1. The van der Waals surface area contributed by atoms with Crippen LogP contribution in [0.25, 0.3) is 0 Å². The van der Waals surface area contributed by atoms with E-state index in [2.05, 4.69) is 29.6 Å². The van der Waals surface area contributed by atoms with Crippen molar-refractivity contribution in [2.45, 2.75) is 44.3 Å². The number of hydrogen-bond donors (Lipinski definition) is 0. The molecule has 19 heavy (non-hydrogen) atoms. The second-order valence-electron chi connectivity index (χ2n) is 5.93. The molecule has 2 fully saturated rings. The minimum absolute atomic E-state index is 0. The van der Waals surface area contributed by atoms with E-state index >= 15 is 0 Å². The quantitative estimate of drug-likeness (QED) is 0.566. The van der Waals surface area contributed by atoms with Crippen molar-refractivity contribution in [1.29, 1.82) is 0 Å². The van der Waals surface area contributed by atoms with Crippen LogP contribution < -0.4 is 0 Å². The topological polar surface area (TPSA) is 6.48 Å². The Balaban J connectivity index is -0.000000640. The third kappa shape index (κ3) is 6.11. The van der Waals surface area contributed by atoms with E-state index in [1.54, 1.807) is 0 Å². The first kappa shape index (κ1) is 25.0. The Morgan fingerprint density at radius 3 is 1.68 bits per heavy atom. The molecular formula is C15H35N2ScSi-3. The van der Waals surface area contributed by atoms with Gasteiger partial charge in [0.2, 0.25) is 0 Å².